The van der Waals surface area contributed by atoms with Crippen LogP contribution in [0.4, 0.5) is 0 Å². The van der Waals surface area contributed by atoms with Gasteiger partial charge in [-0.2, -0.15) is 0 Å². The summed E-state index contributed by atoms with van der Waals surface area (Å²) in [4.78, 5) is 5.15. The molecule has 0 saturated carbocycles. The predicted molar refractivity (Wildman–Crippen MR) is 80.3 cm³/mol. The first-order valence-electron chi connectivity index (χ1n) is 7.79. The Hall–Kier alpha value is -0.860. The van der Waals surface area contributed by atoms with E-state index in [-0.39, 0.29) is 0 Å². The van der Waals surface area contributed by atoms with Crippen molar-refractivity contribution < 1.29 is 0 Å². The zero-order valence-electron chi connectivity index (χ0n) is 12.1. The summed E-state index contributed by atoms with van der Waals surface area (Å²) in [6.45, 7) is 6.31. The van der Waals surface area contributed by atoms with Crippen LogP contribution in [0.2, 0.25) is 0 Å². The molecule has 1 saturated heterocycles. The molecule has 2 heterocycles. The first-order chi connectivity index (χ1) is 9.31. The van der Waals surface area contributed by atoms with E-state index in [1.165, 1.54) is 58.4 Å². The minimum absolute atomic E-state index is 0.927. The summed E-state index contributed by atoms with van der Waals surface area (Å²) < 4.78 is 0. The SMILES string of the molecule is CN1CCCC(CCN2CCc3ccccc3C2)C1. The first kappa shape index (κ1) is 13.1. The number of rotatable bonds is 3. The van der Waals surface area contributed by atoms with Crippen molar-refractivity contribution in [1.29, 1.82) is 0 Å². The van der Waals surface area contributed by atoms with Gasteiger partial charge in [-0.15, -0.1) is 0 Å². The molecule has 2 aliphatic rings. The fourth-order valence-corrected chi connectivity index (χ4v) is 3.62. The van der Waals surface area contributed by atoms with E-state index in [1.807, 2.05) is 0 Å². The van der Waals surface area contributed by atoms with Crippen molar-refractivity contribution in [3.63, 3.8) is 0 Å². The molecule has 19 heavy (non-hydrogen) atoms. The van der Waals surface area contributed by atoms with E-state index in [4.69, 9.17) is 0 Å². The number of hydrogen-bond acceptors (Lipinski definition) is 2. The van der Waals surface area contributed by atoms with E-state index in [9.17, 15) is 0 Å². The van der Waals surface area contributed by atoms with Gasteiger partial charge in [0, 0.05) is 19.6 Å². The summed E-state index contributed by atoms with van der Waals surface area (Å²) in [5.41, 5.74) is 3.12. The third-order valence-corrected chi connectivity index (χ3v) is 4.79. The van der Waals surface area contributed by atoms with Crippen molar-refractivity contribution in [3.05, 3.63) is 35.4 Å². The Bertz CT molecular complexity index is 415. The third kappa shape index (κ3) is 3.37. The topological polar surface area (TPSA) is 6.48 Å². The molecule has 1 aromatic rings. The smallest absolute Gasteiger partial charge is 0.0236 e. The van der Waals surface area contributed by atoms with Crippen LogP contribution in [0.1, 0.15) is 30.4 Å². The summed E-state index contributed by atoms with van der Waals surface area (Å²) in [6, 6.07) is 8.95. The van der Waals surface area contributed by atoms with Crippen molar-refractivity contribution in [1.82, 2.24) is 9.80 Å². The number of nitrogens with zero attached hydrogens (tertiary/aromatic N) is 2. The molecule has 0 aromatic heterocycles. The minimum atomic E-state index is 0.927. The maximum Gasteiger partial charge on any atom is 0.0236 e. The highest BCUT2D eigenvalue weighted by Gasteiger charge is 2.20. The van der Waals surface area contributed by atoms with Gasteiger partial charge in [0.05, 0.1) is 0 Å². The van der Waals surface area contributed by atoms with Gasteiger partial charge in [-0.1, -0.05) is 24.3 Å². The molecule has 3 rings (SSSR count). The molecular formula is C17H26N2. The molecule has 2 aliphatic heterocycles. The molecular weight excluding hydrogens is 232 g/mol. The average Bonchev–Trinajstić information content (AvgIpc) is 2.45. The Labute approximate surface area is 117 Å². The minimum Gasteiger partial charge on any atom is -0.306 e. The molecule has 0 bridgehead atoms. The highest BCUT2D eigenvalue weighted by atomic mass is 15.1. The Morgan fingerprint density at radius 1 is 1.16 bits per heavy atom. The fraction of sp³-hybridized carbons (Fsp3) is 0.647. The Kier molecular flexibility index (Phi) is 4.19. The van der Waals surface area contributed by atoms with Crippen LogP contribution in [0.15, 0.2) is 24.3 Å². The van der Waals surface area contributed by atoms with Gasteiger partial charge in [-0.25, -0.2) is 0 Å². The van der Waals surface area contributed by atoms with Gasteiger partial charge >= 0.3 is 0 Å². The number of benzene rings is 1. The van der Waals surface area contributed by atoms with Gasteiger partial charge in [0.2, 0.25) is 0 Å². The zero-order valence-corrected chi connectivity index (χ0v) is 12.1. The van der Waals surface area contributed by atoms with Crippen molar-refractivity contribution >= 4 is 0 Å². The number of piperidine rings is 1. The number of hydrogen-bond donors (Lipinski definition) is 0. The Balaban J connectivity index is 1.49. The number of fused-ring (bicyclic) bond motifs is 1. The molecule has 2 heteroatoms. The standard InChI is InChI=1S/C17H26N2/c1-18-10-4-5-15(13-18)8-11-19-12-9-16-6-2-3-7-17(16)14-19/h2-3,6-7,15H,4-5,8-14H2,1H3. The van der Waals surface area contributed by atoms with Gasteiger partial charge < -0.3 is 4.90 Å². The van der Waals surface area contributed by atoms with E-state index < -0.39 is 0 Å². The van der Waals surface area contributed by atoms with Gasteiger partial charge in [0.1, 0.15) is 0 Å². The fourth-order valence-electron chi connectivity index (χ4n) is 3.62. The predicted octanol–water partition coefficient (Wildman–Crippen LogP) is 2.78. The molecule has 0 amide bonds. The highest BCUT2D eigenvalue weighted by molar-refractivity contribution is 5.28. The summed E-state index contributed by atoms with van der Waals surface area (Å²) >= 11 is 0. The molecule has 0 N–H and O–H groups in total. The van der Waals surface area contributed by atoms with Gasteiger partial charge in [0.15, 0.2) is 0 Å². The molecule has 1 atom stereocenters. The molecule has 0 spiro atoms. The van der Waals surface area contributed by atoms with E-state index >= 15 is 0 Å². The Morgan fingerprint density at radius 3 is 2.84 bits per heavy atom. The van der Waals surface area contributed by atoms with Crippen LogP contribution in [0.3, 0.4) is 0 Å². The van der Waals surface area contributed by atoms with Crippen LogP contribution in [0.25, 0.3) is 0 Å². The quantitative estimate of drug-likeness (QED) is 0.822. The lowest BCUT2D eigenvalue weighted by Crippen LogP contribution is -2.36. The van der Waals surface area contributed by atoms with Crippen LogP contribution >= 0.6 is 0 Å². The normalized spacial score (nSPS) is 25.2. The zero-order chi connectivity index (χ0) is 13.1. The molecule has 1 fully saturated rings. The van der Waals surface area contributed by atoms with E-state index in [2.05, 4.69) is 41.1 Å². The molecule has 104 valence electrons. The second-order valence-electron chi connectivity index (χ2n) is 6.35. The first-order valence-corrected chi connectivity index (χ1v) is 7.79. The molecule has 0 radical (unpaired) electrons. The lowest BCUT2D eigenvalue weighted by molar-refractivity contribution is 0.172. The van der Waals surface area contributed by atoms with Crippen LogP contribution in [0, 0.1) is 5.92 Å². The van der Waals surface area contributed by atoms with Crippen molar-refractivity contribution in [2.24, 2.45) is 5.92 Å². The summed E-state index contributed by atoms with van der Waals surface area (Å²) in [7, 11) is 2.27. The second-order valence-corrected chi connectivity index (χ2v) is 6.35. The maximum atomic E-state index is 2.65. The molecule has 0 aliphatic carbocycles. The van der Waals surface area contributed by atoms with E-state index in [1.54, 1.807) is 11.1 Å². The van der Waals surface area contributed by atoms with E-state index in [0.29, 0.717) is 0 Å². The van der Waals surface area contributed by atoms with Crippen LogP contribution < -0.4 is 0 Å². The largest absolute Gasteiger partial charge is 0.306 e. The van der Waals surface area contributed by atoms with E-state index in [0.717, 1.165) is 5.92 Å². The number of likely N-dealkylation sites (tertiary alicyclic amines) is 1. The van der Waals surface area contributed by atoms with Crippen molar-refractivity contribution in [3.8, 4) is 0 Å². The maximum absolute atomic E-state index is 2.65. The lowest BCUT2D eigenvalue weighted by Gasteiger charge is -2.33. The summed E-state index contributed by atoms with van der Waals surface area (Å²) in [5, 5.41) is 0. The highest BCUT2D eigenvalue weighted by Crippen LogP contribution is 2.22. The molecule has 2 nitrogen and oxygen atoms in total. The summed E-state index contributed by atoms with van der Waals surface area (Å²) in [5.74, 6) is 0.927. The average molecular weight is 258 g/mol. The monoisotopic (exact) mass is 258 g/mol. The van der Waals surface area contributed by atoms with Crippen LogP contribution in [0.5, 0.6) is 0 Å². The Morgan fingerprint density at radius 2 is 2.00 bits per heavy atom. The van der Waals surface area contributed by atoms with Crippen LogP contribution in [-0.4, -0.2) is 43.0 Å². The molecule has 1 aromatic carbocycles. The second kappa shape index (κ2) is 6.06. The van der Waals surface area contributed by atoms with Gasteiger partial charge in [-0.05, 0) is 62.9 Å². The summed E-state index contributed by atoms with van der Waals surface area (Å²) in [6.07, 6.45) is 5.45. The van der Waals surface area contributed by atoms with Crippen LogP contribution in [-0.2, 0) is 13.0 Å². The van der Waals surface area contributed by atoms with Crippen molar-refractivity contribution in [2.75, 3.05) is 33.2 Å². The third-order valence-electron chi connectivity index (χ3n) is 4.79. The van der Waals surface area contributed by atoms with Gasteiger partial charge in [-0.3, -0.25) is 4.90 Å². The van der Waals surface area contributed by atoms with Gasteiger partial charge in [0.25, 0.3) is 0 Å². The lowest BCUT2D eigenvalue weighted by atomic mass is 9.94. The van der Waals surface area contributed by atoms with Crippen molar-refractivity contribution in [2.45, 2.75) is 32.2 Å². The molecule has 1 unspecified atom stereocenters.